The molecule has 21 heavy (non-hydrogen) atoms. The van der Waals surface area contributed by atoms with Crippen LogP contribution in [0.15, 0.2) is 36.4 Å². The van der Waals surface area contributed by atoms with E-state index in [1.54, 1.807) is 0 Å². The third-order valence-electron chi connectivity index (χ3n) is 3.51. The average molecular weight is 269 g/mol. The molecule has 0 aliphatic rings. The smallest absolute Gasteiger partial charge is 0.175 e. The van der Waals surface area contributed by atoms with E-state index in [0.717, 1.165) is 27.3 Å². The lowest BCUT2D eigenvalue weighted by Gasteiger charge is -2.02. The number of nitrogens with one attached hydrogen (secondary N) is 1. The van der Waals surface area contributed by atoms with Crippen LogP contribution in [0, 0.1) is 22.7 Å². The van der Waals surface area contributed by atoms with Gasteiger partial charge in [0.1, 0.15) is 12.1 Å². The summed E-state index contributed by atoms with van der Waals surface area (Å²) in [5.74, 6) is 0. The Morgan fingerprint density at radius 2 is 1.67 bits per heavy atom. The van der Waals surface area contributed by atoms with Crippen molar-refractivity contribution in [2.45, 2.75) is 0 Å². The van der Waals surface area contributed by atoms with Gasteiger partial charge < -0.3 is 4.98 Å². The number of nitriles is 2. The SMILES string of the molecule is N#Cc1nc2ccc3nc4ccccc4c3c2[nH]c1C#N. The highest BCUT2D eigenvalue weighted by Crippen LogP contribution is 2.30. The number of rotatable bonds is 0. The fraction of sp³-hybridized carbons (Fsp3) is 0. The first-order chi connectivity index (χ1) is 10.3. The van der Waals surface area contributed by atoms with Gasteiger partial charge in [0.15, 0.2) is 11.4 Å². The lowest BCUT2D eigenvalue weighted by Crippen LogP contribution is -1.95. The lowest BCUT2D eigenvalue weighted by atomic mass is 10.1. The molecule has 2 heterocycles. The Hall–Kier alpha value is -3.44. The minimum Gasteiger partial charge on any atom is -0.342 e. The first-order valence-electron chi connectivity index (χ1n) is 6.33. The number of hydrogen-bond donors (Lipinski definition) is 1. The second-order valence-electron chi connectivity index (χ2n) is 4.67. The first-order valence-corrected chi connectivity index (χ1v) is 6.33. The van der Waals surface area contributed by atoms with Gasteiger partial charge in [-0.3, -0.25) is 0 Å². The van der Waals surface area contributed by atoms with Crippen molar-refractivity contribution in [3.05, 3.63) is 47.8 Å². The van der Waals surface area contributed by atoms with E-state index in [1.165, 1.54) is 0 Å². The van der Waals surface area contributed by atoms with Crippen LogP contribution in [0.4, 0.5) is 0 Å². The zero-order valence-corrected chi connectivity index (χ0v) is 10.8. The fourth-order valence-electron chi connectivity index (χ4n) is 2.60. The molecule has 1 N–H and O–H groups in total. The molecule has 0 aliphatic heterocycles. The summed E-state index contributed by atoms with van der Waals surface area (Å²) in [7, 11) is 0. The molecule has 0 bridgehead atoms. The molecule has 0 fully saturated rings. The number of fused-ring (bicyclic) bond motifs is 5. The molecule has 0 radical (unpaired) electrons. The molecule has 0 aliphatic carbocycles. The highest BCUT2D eigenvalue weighted by molar-refractivity contribution is 6.18. The van der Waals surface area contributed by atoms with Gasteiger partial charge >= 0.3 is 0 Å². The standard InChI is InChI=1S/C16H7N5/c17-7-13-14(8-18)21-16-12(20-13)6-5-11-15(16)9-3-1-2-4-10(9)19-11/h1-6,21H. The number of nitrogens with zero attached hydrogens (tertiary/aromatic N) is 4. The number of para-hydroxylation sites is 1. The van der Waals surface area contributed by atoms with Gasteiger partial charge in [0.05, 0.1) is 22.1 Å². The van der Waals surface area contributed by atoms with Crippen molar-refractivity contribution >= 4 is 32.8 Å². The Morgan fingerprint density at radius 3 is 2.48 bits per heavy atom. The van der Waals surface area contributed by atoms with Gasteiger partial charge in [-0.25, -0.2) is 9.97 Å². The minimum absolute atomic E-state index is 0.105. The van der Waals surface area contributed by atoms with Crippen LogP contribution in [-0.4, -0.2) is 15.0 Å². The molecule has 0 saturated carbocycles. The molecule has 2 aromatic heterocycles. The van der Waals surface area contributed by atoms with E-state index in [0.29, 0.717) is 5.52 Å². The molecule has 2 aromatic carbocycles. The maximum Gasteiger partial charge on any atom is 0.175 e. The number of aromatic amines is 1. The highest BCUT2D eigenvalue weighted by Gasteiger charge is 2.13. The van der Waals surface area contributed by atoms with Crippen LogP contribution < -0.4 is 0 Å². The molecule has 96 valence electrons. The molecule has 0 saturated heterocycles. The fourth-order valence-corrected chi connectivity index (χ4v) is 2.60. The highest BCUT2D eigenvalue weighted by atomic mass is 14.8. The van der Waals surface area contributed by atoms with Gasteiger partial charge in [-0.05, 0) is 18.2 Å². The number of H-pyrrole nitrogens is 1. The predicted octanol–water partition coefficient (Wildman–Crippen LogP) is 3.01. The van der Waals surface area contributed by atoms with E-state index in [-0.39, 0.29) is 11.4 Å². The molecule has 4 aromatic rings. The zero-order valence-electron chi connectivity index (χ0n) is 10.8. The summed E-state index contributed by atoms with van der Waals surface area (Å²) in [5, 5.41) is 20.1. The van der Waals surface area contributed by atoms with Gasteiger partial charge in [-0.1, -0.05) is 18.2 Å². The monoisotopic (exact) mass is 269 g/mol. The van der Waals surface area contributed by atoms with Crippen molar-refractivity contribution in [1.82, 2.24) is 15.0 Å². The van der Waals surface area contributed by atoms with E-state index >= 15 is 0 Å². The Labute approximate surface area is 119 Å². The van der Waals surface area contributed by atoms with Crippen molar-refractivity contribution in [1.29, 1.82) is 10.5 Å². The van der Waals surface area contributed by atoms with Crippen LogP contribution in [0.5, 0.6) is 0 Å². The first kappa shape index (κ1) is 11.4. The molecular formula is C16H7N5. The Balaban J connectivity index is 2.28. The molecule has 0 amide bonds. The largest absolute Gasteiger partial charge is 0.342 e. The molecule has 0 spiro atoms. The molecule has 4 rings (SSSR count). The van der Waals surface area contributed by atoms with Crippen LogP contribution in [0.1, 0.15) is 11.4 Å². The normalized spacial score (nSPS) is 10.8. The van der Waals surface area contributed by atoms with E-state index in [9.17, 15) is 0 Å². The summed E-state index contributed by atoms with van der Waals surface area (Å²) in [6, 6.07) is 15.4. The second kappa shape index (κ2) is 4.03. The van der Waals surface area contributed by atoms with Crippen LogP contribution in [0.2, 0.25) is 0 Å². The summed E-state index contributed by atoms with van der Waals surface area (Å²) in [5.41, 5.74) is 3.40. The van der Waals surface area contributed by atoms with Gasteiger partial charge in [-0.15, -0.1) is 0 Å². The van der Waals surface area contributed by atoms with Crippen LogP contribution in [0.25, 0.3) is 32.8 Å². The van der Waals surface area contributed by atoms with Gasteiger partial charge in [-0.2, -0.15) is 10.5 Å². The van der Waals surface area contributed by atoms with Crippen molar-refractivity contribution in [3.63, 3.8) is 0 Å². The number of hydrogen-bond acceptors (Lipinski definition) is 4. The Bertz CT molecular complexity index is 1110. The maximum atomic E-state index is 9.16. The Kier molecular flexibility index (Phi) is 2.18. The van der Waals surface area contributed by atoms with Gasteiger partial charge in [0, 0.05) is 10.8 Å². The quantitative estimate of drug-likeness (QED) is 0.531. The van der Waals surface area contributed by atoms with E-state index < -0.39 is 0 Å². The summed E-state index contributed by atoms with van der Waals surface area (Å²) < 4.78 is 0. The summed E-state index contributed by atoms with van der Waals surface area (Å²) in [4.78, 5) is 11.9. The molecular weight excluding hydrogens is 262 g/mol. The third kappa shape index (κ3) is 1.49. The molecule has 0 unspecified atom stereocenters. The maximum absolute atomic E-state index is 9.16. The molecule has 5 nitrogen and oxygen atoms in total. The van der Waals surface area contributed by atoms with E-state index in [4.69, 9.17) is 10.5 Å². The van der Waals surface area contributed by atoms with Crippen molar-refractivity contribution < 1.29 is 0 Å². The van der Waals surface area contributed by atoms with Gasteiger partial charge in [0.25, 0.3) is 0 Å². The lowest BCUT2D eigenvalue weighted by molar-refractivity contribution is 1.20. The number of benzene rings is 2. The summed E-state index contributed by atoms with van der Waals surface area (Å²) >= 11 is 0. The minimum atomic E-state index is 0.105. The predicted molar refractivity (Wildman–Crippen MR) is 78.3 cm³/mol. The van der Waals surface area contributed by atoms with Crippen molar-refractivity contribution in [2.24, 2.45) is 0 Å². The van der Waals surface area contributed by atoms with Crippen molar-refractivity contribution in [2.75, 3.05) is 0 Å². The number of aromatic nitrogens is 3. The van der Waals surface area contributed by atoms with Crippen molar-refractivity contribution in [3.8, 4) is 12.1 Å². The zero-order chi connectivity index (χ0) is 14.4. The molecule has 5 heteroatoms. The summed E-state index contributed by atoms with van der Waals surface area (Å²) in [6.45, 7) is 0. The van der Waals surface area contributed by atoms with Crippen LogP contribution >= 0.6 is 0 Å². The topological polar surface area (TPSA) is 89.2 Å². The van der Waals surface area contributed by atoms with Crippen LogP contribution in [0.3, 0.4) is 0 Å². The van der Waals surface area contributed by atoms with Crippen LogP contribution in [-0.2, 0) is 0 Å². The van der Waals surface area contributed by atoms with E-state index in [1.807, 2.05) is 48.5 Å². The van der Waals surface area contributed by atoms with E-state index in [2.05, 4.69) is 15.0 Å². The molecule has 0 atom stereocenters. The summed E-state index contributed by atoms with van der Waals surface area (Å²) in [6.07, 6.45) is 0. The third-order valence-corrected chi connectivity index (χ3v) is 3.51. The van der Waals surface area contributed by atoms with Gasteiger partial charge in [0.2, 0.25) is 0 Å². The second-order valence-corrected chi connectivity index (χ2v) is 4.67. The Morgan fingerprint density at radius 1 is 0.857 bits per heavy atom. The average Bonchev–Trinajstić information content (AvgIpc) is 2.92.